The van der Waals surface area contributed by atoms with Crippen molar-refractivity contribution in [3.63, 3.8) is 0 Å². The molecule has 0 aromatic rings. The molecule has 0 amide bonds. The quantitative estimate of drug-likeness (QED) is 0.336. The Morgan fingerprint density at radius 3 is 1.83 bits per heavy atom. The molecule has 2 rings (SSSR count). The lowest BCUT2D eigenvalue weighted by Gasteiger charge is -2.22. The Morgan fingerprint density at radius 1 is 0.897 bits per heavy atom. The highest BCUT2D eigenvalue weighted by atomic mass is 32.2. The highest BCUT2D eigenvalue weighted by molar-refractivity contribution is 8.01. The van der Waals surface area contributed by atoms with Gasteiger partial charge in [0, 0.05) is 27.6 Å². The maximum atomic E-state index is 11.2. The van der Waals surface area contributed by atoms with Crippen LogP contribution in [0.5, 0.6) is 0 Å². The molecule has 0 aromatic carbocycles. The van der Waals surface area contributed by atoms with Gasteiger partial charge >= 0.3 is 5.97 Å². The van der Waals surface area contributed by atoms with E-state index in [-0.39, 0.29) is 12.0 Å². The van der Waals surface area contributed by atoms with Gasteiger partial charge in [-0.1, -0.05) is 38.8 Å². The summed E-state index contributed by atoms with van der Waals surface area (Å²) in [7, 11) is 0. The van der Waals surface area contributed by atoms with Crippen molar-refractivity contribution in [2.45, 2.75) is 113 Å². The Bertz CT molecular complexity index is 544. The minimum Gasteiger partial charge on any atom is -0.481 e. The summed E-state index contributed by atoms with van der Waals surface area (Å²) in [4.78, 5) is 11.2. The van der Waals surface area contributed by atoms with Crippen molar-refractivity contribution < 1.29 is 15.0 Å². The zero-order chi connectivity index (χ0) is 21.5. The molecule has 2 N–H and O–H groups in total. The lowest BCUT2D eigenvalue weighted by molar-refractivity contribution is -0.147. The fraction of sp³-hybridized carbons (Fsp3) is 0.875. The molecule has 0 aromatic heterocycles. The summed E-state index contributed by atoms with van der Waals surface area (Å²) in [6.45, 7) is 8.26. The second-order valence-electron chi connectivity index (χ2n) is 10.4. The van der Waals surface area contributed by atoms with E-state index in [1.54, 1.807) is 0 Å². The SMILES string of the molecule is CC(C)(CO)CCCC1CCC(/C=C/C2CCC(CCCC(C)(C)C(=O)O)S2)S1. The van der Waals surface area contributed by atoms with Crippen LogP contribution in [0.15, 0.2) is 12.2 Å². The monoisotopic (exact) mass is 442 g/mol. The maximum Gasteiger partial charge on any atom is 0.309 e. The van der Waals surface area contributed by atoms with Gasteiger partial charge in [-0.2, -0.15) is 23.5 Å². The predicted octanol–water partition coefficient (Wildman–Crippen LogP) is 6.54. The first kappa shape index (κ1) is 25.1. The molecule has 2 aliphatic rings. The van der Waals surface area contributed by atoms with Crippen LogP contribution in [0.1, 0.15) is 91.9 Å². The fourth-order valence-corrected chi connectivity index (χ4v) is 7.23. The van der Waals surface area contributed by atoms with Crippen LogP contribution < -0.4 is 0 Å². The summed E-state index contributed by atoms with van der Waals surface area (Å²) in [6.07, 6.45) is 16.7. The van der Waals surface area contributed by atoms with Crippen LogP contribution in [0, 0.1) is 10.8 Å². The number of aliphatic carboxylic acids is 1. The van der Waals surface area contributed by atoms with Crippen LogP contribution >= 0.6 is 23.5 Å². The molecule has 2 fully saturated rings. The average Bonchev–Trinajstić information content (AvgIpc) is 3.29. The van der Waals surface area contributed by atoms with E-state index in [1.165, 1.54) is 38.5 Å². The summed E-state index contributed by atoms with van der Waals surface area (Å²) < 4.78 is 0. The summed E-state index contributed by atoms with van der Waals surface area (Å²) in [5.41, 5.74) is -0.519. The molecule has 4 unspecified atom stereocenters. The molecule has 4 atom stereocenters. The third-order valence-corrected chi connectivity index (χ3v) is 9.73. The normalized spacial score (nSPS) is 28.4. The molecule has 5 heteroatoms. The minimum absolute atomic E-state index is 0.0716. The minimum atomic E-state index is -0.679. The molecular formula is C24H42O3S2. The summed E-state index contributed by atoms with van der Waals surface area (Å²) in [5, 5.41) is 21.4. The summed E-state index contributed by atoms with van der Waals surface area (Å²) in [5.74, 6) is -0.679. The number of thioether (sulfide) groups is 2. The van der Waals surface area contributed by atoms with Crippen molar-refractivity contribution in [3.05, 3.63) is 12.2 Å². The molecule has 2 saturated heterocycles. The van der Waals surface area contributed by atoms with Crippen LogP contribution in [0.2, 0.25) is 0 Å². The van der Waals surface area contributed by atoms with Crippen LogP contribution in [-0.2, 0) is 4.79 Å². The van der Waals surface area contributed by atoms with Crippen molar-refractivity contribution in [2.75, 3.05) is 6.61 Å². The number of carboxylic acid groups (broad SMARTS) is 1. The fourth-order valence-electron chi connectivity index (χ4n) is 4.19. The molecule has 3 nitrogen and oxygen atoms in total. The van der Waals surface area contributed by atoms with Crippen molar-refractivity contribution in [2.24, 2.45) is 10.8 Å². The van der Waals surface area contributed by atoms with E-state index in [0.29, 0.717) is 15.7 Å². The van der Waals surface area contributed by atoms with Gasteiger partial charge in [0.1, 0.15) is 0 Å². The van der Waals surface area contributed by atoms with E-state index in [1.807, 2.05) is 13.8 Å². The van der Waals surface area contributed by atoms with Crippen LogP contribution in [0.3, 0.4) is 0 Å². The topological polar surface area (TPSA) is 57.5 Å². The number of hydrogen-bond acceptors (Lipinski definition) is 4. The molecular weight excluding hydrogens is 400 g/mol. The largest absolute Gasteiger partial charge is 0.481 e. The molecule has 168 valence electrons. The Hall–Kier alpha value is -0.130. The van der Waals surface area contributed by atoms with Gasteiger partial charge in [0.25, 0.3) is 0 Å². The third kappa shape index (κ3) is 8.86. The van der Waals surface area contributed by atoms with Crippen molar-refractivity contribution in [1.29, 1.82) is 0 Å². The van der Waals surface area contributed by atoms with E-state index in [9.17, 15) is 15.0 Å². The molecule has 0 radical (unpaired) electrons. The number of aliphatic hydroxyl groups is 1. The smallest absolute Gasteiger partial charge is 0.309 e. The van der Waals surface area contributed by atoms with Gasteiger partial charge < -0.3 is 10.2 Å². The second kappa shape index (κ2) is 11.5. The van der Waals surface area contributed by atoms with Gasteiger partial charge in [-0.15, -0.1) is 0 Å². The molecule has 0 bridgehead atoms. The van der Waals surface area contributed by atoms with Gasteiger partial charge in [-0.25, -0.2) is 0 Å². The van der Waals surface area contributed by atoms with Gasteiger partial charge in [0.2, 0.25) is 0 Å². The average molecular weight is 443 g/mol. The number of carboxylic acids is 1. The van der Waals surface area contributed by atoms with Gasteiger partial charge in [-0.3, -0.25) is 4.79 Å². The van der Waals surface area contributed by atoms with Gasteiger partial charge in [-0.05, 0) is 70.6 Å². The summed E-state index contributed by atoms with van der Waals surface area (Å²) >= 11 is 4.26. The van der Waals surface area contributed by atoms with Crippen LogP contribution in [0.25, 0.3) is 0 Å². The Balaban J connectivity index is 1.62. The Labute approximate surface area is 186 Å². The first-order valence-electron chi connectivity index (χ1n) is 11.4. The van der Waals surface area contributed by atoms with Crippen LogP contribution in [0.4, 0.5) is 0 Å². The predicted molar refractivity (Wildman–Crippen MR) is 128 cm³/mol. The standard InChI is InChI=1S/C24H42O3S2/c1-23(2,17-25)15-5-7-18-9-11-20(28-18)13-14-21-12-10-19(29-21)8-6-16-24(3,4)22(26)27/h13-14,18-21,25H,5-12,15-17H2,1-4H3,(H,26,27)/b14-13+. The van der Waals surface area contributed by atoms with E-state index < -0.39 is 11.4 Å². The van der Waals surface area contributed by atoms with E-state index >= 15 is 0 Å². The van der Waals surface area contributed by atoms with Gasteiger partial charge in [0.05, 0.1) is 5.41 Å². The molecule has 0 spiro atoms. The zero-order valence-electron chi connectivity index (χ0n) is 18.9. The van der Waals surface area contributed by atoms with Crippen molar-refractivity contribution >= 4 is 29.5 Å². The summed E-state index contributed by atoms with van der Waals surface area (Å²) in [6, 6.07) is 0. The first-order valence-corrected chi connectivity index (χ1v) is 13.3. The second-order valence-corrected chi connectivity index (χ2v) is 13.5. The molecule has 2 aliphatic heterocycles. The molecule has 0 aliphatic carbocycles. The molecule has 29 heavy (non-hydrogen) atoms. The maximum absolute atomic E-state index is 11.2. The van der Waals surface area contributed by atoms with Crippen molar-refractivity contribution in [3.8, 4) is 0 Å². The Kier molecular flexibility index (Phi) is 9.95. The number of aliphatic hydroxyl groups excluding tert-OH is 1. The van der Waals surface area contributed by atoms with E-state index in [4.69, 9.17) is 0 Å². The highest BCUT2D eigenvalue weighted by Gasteiger charge is 2.29. The zero-order valence-corrected chi connectivity index (χ0v) is 20.5. The van der Waals surface area contributed by atoms with Crippen LogP contribution in [-0.4, -0.2) is 43.8 Å². The molecule has 0 saturated carbocycles. The third-order valence-electron chi connectivity index (χ3n) is 6.54. The highest BCUT2D eigenvalue weighted by Crippen LogP contribution is 2.41. The lowest BCUT2D eigenvalue weighted by Crippen LogP contribution is -2.23. The number of rotatable bonds is 12. The van der Waals surface area contributed by atoms with Crippen molar-refractivity contribution in [1.82, 2.24) is 0 Å². The number of carbonyl (C=O) groups is 1. The Morgan fingerprint density at radius 2 is 1.38 bits per heavy atom. The lowest BCUT2D eigenvalue weighted by atomic mass is 9.87. The van der Waals surface area contributed by atoms with Gasteiger partial charge in [0.15, 0.2) is 0 Å². The molecule has 2 heterocycles. The first-order chi connectivity index (χ1) is 13.6. The van der Waals surface area contributed by atoms with E-state index in [2.05, 4.69) is 49.5 Å². The number of hydrogen-bond donors (Lipinski definition) is 2. The van der Waals surface area contributed by atoms with E-state index in [0.717, 1.165) is 30.9 Å².